The molecule has 0 spiro atoms. The average molecular weight is 379 g/mol. The second kappa shape index (κ2) is 7.46. The molecule has 5 nitrogen and oxygen atoms in total. The summed E-state index contributed by atoms with van der Waals surface area (Å²) in [5.41, 5.74) is 3.27. The lowest BCUT2D eigenvalue weighted by Gasteiger charge is -2.18. The van der Waals surface area contributed by atoms with Gasteiger partial charge in [0, 0.05) is 13.1 Å². The molecule has 2 saturated heterocycles. The van der Waals surface area contributed by atoms with Gasteiger partial charge in [-0.3, -0.25) is 9.69 Å². The predicted octanol–water partition coefficient (Wildman–Crippen LogP) is 3.83. The lowest BCUT2D eigenvalue weighted by atomic mass is 10.1. The molecule has 0 saturated carbocycles. The Morgan fingerprint density at radius 2 is 1.79 bits per heavy atom. The molecule has 144 valence electrons. The molecule has 2 aliphatic heterocycles. The number of urea groups is 1. The van der Waals surface area contributed by atoms with E-state index in [9.17, 15) is 14.0 Å². The van der Waals surface area contributed by atoms with Crippen molar-refractivity contribution in [1.29, 1.82) is 0 Å². The van der Waals surface area contributed by atoms with E-state index in [1.807, 2.05) is 36.1 Å². The van der Waals surface area contributed by atoms with Crippen LogP contribution in [-0.2, 0) is 11.3 Å². The van der Waals surface area contributed by atoms with Crippen molar-refractivity contribution in [2.45, 2.75) is 26.3 Å². The minimum Gasteiger partial charge on any atom is -0.369 e. The van der Waals surface area contributed by atoms with Gasteiger partial charge in [-0.25, -0.2) is 9.18 Å². The number of hydrogen-bond acceptors (Lipinski definition) is 3. The van der Waals surface area contributed by atoms with Crippen LogP contribution in [0.4, 0.5) is 14.9 Å². The number of aryl methyl sites for hydroxylation is 1. The Morgan fingerprint density at radius 1 is 1.07 bits per heavy atom. The highest BCUT2D eigenvalue weighted by Gasteiger charge is 2.33. The third-order valence-electron chi connectivity index (χ3n) is 5.15. The standard InChI is InChI=1S/C22H22FN3O2/c1-15-4-6-16(7-5-15)14-26-21(27)19(24-22(26)28)13-17-8-9-20(18(23)12-17)25-10-2-3-11-25/h4-9,12-13H,2-3,10-11,14H2,1H3,(H,24,28)/b19-13-. The number of nitrogens with zero attached hydrogens (tertiary/aromatic N) is 2. The van der Waals surface area contributed by atoms with Gasteiger partial charge in [0.25, 0.3) is 5.91 Å². The highest BCUT2D eigenvalue weighted by atomic mass is 19.1. The van der Waals surface area contributed by atoms with Crippen LogP contribution in [0.1, 0.15) is 29.5 Å². The normalized spacial score (nSPS) is 18.3. The summed E-state index contributed by atoms with van der Waals surface area (Å²) in [5.74, 6) is -0.723. The molecule has 2 fully saturated rings. The zero-order chi connectivity index (χ0) is 19.7. The van der Waals surface area contributed by atoms with E-state index in [0.717, 1.165) is 42.0 Å². The van der Waals surface area contributed by atoms with E-state index in [0.29, 0.717) is 11.3 Å². The van der Waals surface area contributed by atoms with Crippen molar-refractivity contribution >= 4 is 23.7 Å². The van der Waals surface area contributed by atoms with E-state index >= 15 is 0 Å². The van der Waals surface area contributed by atoms with Gasteiger partial charge in [-0.2, -0.15) is 0 Å². The van der Waals surface area contributed by atoms with Gasteiger partial charge < -0.3 is 10.2 Å². The van der Waals surface area contributed by atoms with Crippen LogP contribution in [0.2, 0.25) is 0 Å². The molecule has 2 heterocycles. The number of carbonyl (C=O) groups excluding carboxylic acids is 2. The zero-order valence-corrected chi connectivity index (χ0v) is 15.7. The first-order chi connectivity index (χ1) is 13.5. The third kappa shape index (κ3) is 3.63. The predicted molar refractivity (Wildman–Crippen MR) is 106 cm³/mol. The number of amides is 3. The van der Waals surface area contributed by atoms with Gasteiger partial charge in [-0.05, 0) is 49.1 Å². The lowest BCUT2D eigenvalue weighted by Crippen LogP contribution is -2.30. The minimum atomic E-state index is -0.467. The first-order valence-corrected chi connectivity index (χ1v) is 9.46. The van der Waals surface area contributed by atoms with Crippen LogP contribution in [0.15, 0.2) is 48.2 Å². The largest absolute Gasteiger partial charge is 0.369 e. The maximum atomic E-state index is 14.5. The first kappa shape index (κ1) is 18.2. The van der Waals surface area contributed by atoms with Crippen LogP contribution in [0.25, 0.3) is 6.08 Å². The lowest BCUT2D eigenvalue weighted by molar-refractivity contribution is -0.123. The van der Waals surface area contributed by atoms with Gasteiger partial charge in [-0.15, -0.1) is 0 Å². The van der Waals surface area contributed by atoms with E-state index < -0.39 is 11.9 Å². The molecule has 2 aromatic rings. The molecule has 0 unspecified atom stereocenters. The highest BCUT2D eigenvalue weighted by Crippen LogP contribution is 2.26. The van der Waals surface area contributed by atoms with Gasteiger partial charge in [0.2, 0.25) is 0 Å². The van der Waals surface area contributed by atoms with Crippen LogP contribution in [-0.4, -0.2) is 29.9 Å². The molecule has 4 rings (SSSR count). The van der Waals surface area contributed by atoms with Crippen LogP contribution >= 0.6 is 0 Å². The summed E-state index contributed by atoms with van der Waals surface area (Å²) in [6.07, 6.45) is 3.66. The number of halogens is 1. The van der Waals surface area contributed by atoms with Crippen molar-refractivity contribution < 1.29 is 14.0 Å². The second-order valence-corrected chi connectivity index (χ2v) is 7.27. The molecule has 0 aliphatic carbocycles. The maximum absolute atomic E-state index is 14.5. The van der Waals surface area contributed by atoms with E-state index in [1.165, 1.54) is 12.1 Å². The van der Waals surface area contributed by atoms with Crippen molar-refractivity contribution in [2.75, 3.05) is 18.0 Å². The Kier molecular flexibility index (Phi) is 4.86. The summed E-state index contributed by atoms with van der Waals surface area (Å²) in [5, 5.41) is 2.59. The monoisotopic (exact) mass is 379 g/mol. The molecule has 6 heteroatoms. The maximum Gasteiger partial charge on any atom is 0.329 e. The molecular formula is C22H22FN3O2. The molecule has 3 amide bonds. The number of anilines is 1. The van der Waals surface area contributed by atoms with Crippen molar-refractivity contribution in [3.8, 4) is 0 Å². The van der Waals surface area contributed by atoms with Crippen molar-refractivity contribution in [3.05, 3.63) is 70.7 Å². The Morgan fingerprint density at radius 3 is 2.46 bits per heavy atom. The fourth-order valence-corrected chi connectivity index (χ4v) is 3.59. The van der Waals surface area contributed by atoms with Crippen LogP contribution in [0.3, 0.4) is 0 Å². The highest BCUT2D eigenvalue weighted by molar-refractivity contribution is 6.13. The van der Waals surface area contributed by atoms with E-state index in [4.69, 9.17) is 0 Å². The smallest absolute Gasteiger partial charge is 0.329 e. The third-order valence-corrected chi connectivity index (χ3v) is 5.15. The van der Waals surface area contributed by atoms with Crippen molar-refractivity contribution in [3.63, 3.8) is 0 Å². The summed E-state index contributed by atoms with van der Waals surface area (Å²) < 4.78 is 14.5. The number of hydrogen-bond donors (Lipinski definition) is 1. The molecule has 0 bridgehead atoms. The average Bonchev–Trinajstić information content (AvgIpc) is 3.28. The van der Waals surface area contributed by atoms with E-state index in [2.05, 4.69) is 5.32 Å². The molecule has 0 radical (unpaired) electrons. The van der Waals surface area contributed by atoms with Gasteiger partial charge in [0.05, 0.1) is 12.2 Å². The molecule has 1 N–H and O–H groups in total. The summed E-state index contributed by atoms with van der Waals surface area (Å²) in [7, 11) is 0. The van der Waals surface area contributed by atoms with E-state index in [1.54, 1.807) is 12.1 Å². The van der Waals surface area contributed by atoms with Gasteiger partial charge >= 0.3 is 6.03 Å². The second-order valence-electron chi connectivity index (χ2n) is 7.27. The Labute approximate surface area is 163 Å². The Balaban J connectivity index is 1.52. The minimum absolute atomic E-state index is 0.158. The van der Waals surface area contributed by atoms with Crippen LogP contribution in [0, 0.1) is 12.7 Å². The zero-order valence-electron chi connectivity index (χ0n) is 15.7. The fourth-order valence-electron chi connectivity index (χ4n) is 3.59. The van der Waals surface area contributed by atoms with Crippen molar-refractivity contribution in [1.82, 2.24) is 10.2 Å². The van der Waals surface area contributed by atoms with Crippen LogP contribution in [0.5, 0.6) is 0 Å². The molecule has 2 aromatic carbocycles. The first-order valence-electron chi connectivity index (χ1n) is 9.46. The number of benzene rings is 2. The van der Waals surface area contributed by atoms with Gasteiger partial charge in [-0.1, -0.05) is 35.9 Å². The molecular weight excluding hydrogens is 357 g/mol. The van der Waals surface area contributed by atoms with Crippen molar-refractivity contribution in [2.24, 2.45) is 0 Å². The number of nitrogens with one attached hydrogen (secondary N) is 1. The van der Waals surface area contributed by atoms with Crippen LogP contribution < -0.4 is 10.2 Å². The summed E-state index contributed by atoms with van der Waals surface area (Å²) in [6, 6.07) is 12.1. The molecule has 2 aliphatic rings. The molecule has 0 atom stereocenters. The summed E-state index contributed by atoms with van der Waals surface area (Å²) in [6.45, 7) is 3.90. The number of rotatable bonds is 4. The van der Waals surface area contributed by atoms with E-state index in [-0.39, 0.29) is 18.1 Å². The van der Waals surface area contributed by atoms with Gasteiger partial charge in [0.1, 0.15) is 11.5 Å². The molecule has 28 heavy (non-hydrogen) atoms. The topological polar surface area (TPSA) is 52.7 Å². The summed E-state index contributed by atoms with van der Waals surface area (Å²) in [4.78, 5) is 28.0. The summed E-state index contributed by atoms with van der Waals surface area (Å²) >= 11 is 0. The quantitative estimate of drug-likeness (QED) is 0.649. The number of imide groups is 1. The van der Waals surface area contributed by atoms with Gasteiger partial charge in [0.15, 0.2) is 0 Å². The molecule has 0 aromatic heterocycles. The Hall–Kier alpha value is -3.15. The fraction of sp³-hybridized carbons (Fsp3) is 0.273. The Bertz CT molecular complexity index is 947. The SMILES string of the molecule is Cc1ccc(CN2C(=O)N/C(=C\c3ccc(N4CCCC4)c(F)c3)C2=O)cc1. The number of carbonyl (C=O) groups is 2.